The maximum atomic E-state index is 12.8. The molecule has 1 amide bonds. The topological polar surface area (TPSA) is 61.4 Å². The van der Waals surface area contributed by atoms with Gasteiger partial charge in [-0.25, -0.2) is 0 Å². The standard InChI is InChI=1S/C22H20Cl2N2O2S/c1-22(2,3)12-10-17(24)19(27)18(11-12)25-21(29)26-20(28)15-8-4-7-14-13(15)6-5-9-16(14)23/h4-11,27H,1-3H3,(H2,25,26,28,29). The first kappa shape index (κ1) is 21.4. The average molecular weight is 447 g/mol. The third-order valence-electron chi connectivity index (χ3n) is 4.52. The number of benzene rings is 3. The molecule has 0 spiro atoms. The van der Waals surface area contributed by atoms with Crippen LogP contribution in [-0.4, -0.2) is 16.1 Å². The van der Waals surface area contributed by atoms with E-state index < -0.39 is 0 Å². The SMILES string of the molecule is CC(C)(C)c1cc(Cl)c(O)c(NC(=S)NC(=O)c2cccc3c(Cl)cccc23)c1. The highest BCUT2D eigenvalue weighted by Crippen LogP contribution is 2.37. The lowest BCUT2D eigenvalue weighted by Crippen LogP contribution is -2.34. The zero-order valence-corrected chi connectivity index (χ0v) is 18.5. The van der Waals surface area contributed by atoms with Crippen LogP contribution in [0.3, 0.4) is 0 Å². The van der Waals surface area contributed by atoms with Crippen molar-refractivity contribution in [2.24, 2.45) is 0 Å². The summed E-state index contributed by atoms with van der Waals surface area (Å²) in [4.78, 5) is 12.8. The molecule has 4 nitrogen and oxygen atoms in total. The van der Waals surface area contributed by atoms with Gasteiger partial charge in [-0.1, -0.05) is 68.2 Å². The lowest BCUT2D eigenvalue weighted by molar-refractivity contribution is 0.0979. The molecule has 0 aliphatic heterocycles. The minimum atomic E-state index is -0.382. The molecule has 0 radical (unpaired) electrons. The number of carbonyl (C=O) groups excluding carboxylic acids is 1. The van der Waals surface area contributed by atoms with Gasteiger partial charge in [0.1, 0.15) is 0 Å². The number of thiocarbonyl (C=S) groups is 1. The van der Waals surface area contributed by atoms with Gasteiger partial charge in [0.15, 0.2) is 10.9 Å². The van der Waals surface area contributed by atoms with E-state index in [0.29, 0.717) is 16.3 Å². The van der Waals surface area contributed by atoms with E-state index in [1.165, 1.54) is 0 Å². The largest absolute Gasteiger partial charge is 0.504 e. The smallest absolute Gasteiger partial charge is 0.258 e. The number of carbonyl (C=O) groups is 1. The number of rotatable bonds is 2. The molecule has 0 atom stereocenters. The Bertz CT molecular complexity index is 1120. The van der Waals surface area contributed by atoms with Crippen LogP contribution >= 0.6 is 35.4 Å². The van der Waals surface area contributed by atoms with Gasteiger partial charge in [-0.05, 0) is 52.8 Å². The Morgan fingerprint density at radius 2 is 1.66 bits per heavy atom. The van der Waals surface area contributed by atoms with Crippen LogP contribution in [0.2, 0.25) is 10.0 Å². The quantitative estimate of drug-likeness (QED) is 0.320. The number of aromatic hydroxyl groups is 1. The molecule has 3 rings (SSSR count). The van der Waals surface area contributed by atoms with Crippen LogP contribution in [0.15, 0.2) is 48.5 Å². The van der Waals surface area contributed by atoms with Crippen molar-refractivity contribution >= 4 is 62.9 Å². The zero-order valence-electron chi connectivity index (χ0n) is 16.1. The number of phenols is 1. The van der Waals surface area contributed by atoms with Crippen molar-refractivity contribution in [3.63, 3.8) is 0 Å². The summed E-state index contributed by atoms with van der Waals surface area (Å²) in [6, 6.07) is 14.2. The fourth-order valence-electron chi connectivity index (χ4n) is 2.92. The molecule has 0 bridgehead atoms. The molecule has 150 valence electrons. The molecular weight excluding hydrogens is 427 g/mol. The summed E-state index contributed by atoms with van der Waals surface area (Å²) < 4.78 is 0. The minimum absolute atomic E-state index is 0.0476. The van der Waals surface area contributed by atoms with E-state index in [1.54, 1.807) is 36.4 Å². The number of phenolic OH excluding ortho intramolecular Hbond substituents is 1. The third kappa shape index (κ3) is 4.64. The van der Waals surface area contributed by atoms with Crippen LogP contribution in [0.4, 0.5) is 5.69 Å². The van der Waals surface area contributed by atoms with E-state index in [2.05, 4.69) is 10.6 Å². The van der Waals surface area contributed by atoms with E-state index >= 15 is 0 Å². The van der Waals surface area contributed by atoms with Crippen LogP contribution in [0, 0.1) is 0 Å². The Morgan fingerprint density at radius 3 is 2.34 bits per heavy atom. The fourth-order valence-corrected chi connectivity index (χ4v) is 3.58. The van der Waals surface area contributed by atoms with E-state index in [1.807, 2.05) is 32.9 Å². The highest BCUT2D eigenvalue weighted by molar-refractivity contribution is 7.80. The van der Waals surface area contributed by atoms with Crippen molar-refractivity contribution in [1.82, 2.24) is 5.32 Å². The van der Waals surface area contributed by atoms with Gasteiger partial charge in [-0.3, -0.25) is 10.1 Å². The number of anilines is 1. The molecule has 0 unspecified atom stereocenters. The van der Waals surface area contributed by atoms with Gasteiger partial charge in [0.25, 0.3) is 5.91 Å². The molecule has 0 aromatic heterocycles. The number of halogens is 2. The van der Waals surface area contributed by atoms with Crippen molar-refractivity contribution in [3.8, 4) is 5.75 Å². The van der Waals surface area contributed by atoms with Crippen LogP contribution in [0.1, 0.15) is 36.7 Å². The Kier molecular flexibility index (Phi) is 6.03. The molecule has 3 N–H and O–H groups in total. The van der Waals surface area contributed by atoms with Crippen molar-refractivity contribution < 1.29 is 9.90 Å². The molecule has 0 saturated carbocycles. The highest BCUT2D eigenvalue weighted by Gasteiger charge is 2.19. The minimum Gasteiger partial charge on any atom is -0.504 e. The Balaban J connectivity index is 1.85. The second kappa shape index (κ2) is 8.19. The lowest BCUT2D eigenvalue weighted by Gasteiger charge is -2.21. The van der Waals surface area contributed by atoms with E-state index in [9.17, 15) is 9.90 Å². The molecule has 0 aliphatic carbocycles. The van der Waals surface area contributed by atoms with E-state index in [4.69, 9.17) is 35.4 Å². The van der Waals surface area contributed by atoms with Gasteiger partial charge in [0.2, 0.25) is 0 Å². The average Bonchev–Trinajstić information content (AvgIpc) is 2.64. The summed E-state index contributed by atoms with van der Waals surface area (Å²) in [6.45, 7) is 6.10. The van der Waals surface area contributed by atoms with Gasteiger partial charge in [0.05, 0.1) is 10.7 Å². The van der Waals surface area contributed by atoms with Crippen molar-refractivity contribution in [2.45, 2.75) is 26.2 Å². The molecule has 0 heterocycles. The Hall–Kier alpha value is -2.34. The molecule has 0 fully saturated rings. The van der Waals surface area contributed by atoms with E-state index in [-0.39, 0.29) is 27.2 Å². The number of hydrogen-bond donors (Lipinski definition) is 3. The summed E-state index contributed by atoms with van der Waals surface area (Å²) in [6.07, 6.45) is 0. The molecule has 29 heavy (non-hydrogen) atoms. The molecule has 3 aromatic rings. The first-order chi connectivity index (χ1) is 13.6. The third-order valence-corrected chi connectivity index (χ3v) is 5.34. The van der Waals surface area contributed by atoms with Gasteiger partial charge >= 0.3 is 0 Å². The van der Waals surface area contributed by atoms with Crippen molar-refractivity contribution in [3.05, 3.63) is 69.7 Å². The molecule has 0 saturated heterocycles. The van der Waals surface area contributed by atoms with E-state index in [0.717, 1.165) is 16.3 Å². The number of hydrogen-bond acceptors (Lipinski definition) is 3. The van der Waals surface area contributed by atoms with Gasteiger partial charge < -0.3 is 10.4 Å². The number of fused-ring (bicyclic) bond motifs is 1. The number of nitrogens with one attached hydrogen (secondary N) is 2. The van der Waals surface area contributed by atoms with Gasteiger partial charge in [0, 0.05) is 16.0 Å². The first-order valence-electron chi connectivity index (χ1n) is 8.90. The first-order valence-corrected chi connectivity index (χ1v) is 10.1. The maximum Gasteiger partial charge on any atom is 0.258 e. The maximum absolute atomic E-state index is 12.8. The Labute approximate surface area is 184 Å². The zero-order chi connectivity index (χ0) is 21.3. The van der Waals surface area contributed by atoms with Crippen LogP contribution in [0.5, 0.6) is 5.75 Å². The Morgan fingerprint density at radius 1 is 1.00 bits per heavy atom. The van der Waals surface area contributed by atoms with Crippen molar-refractivity contribution in [2.75, 3.05) is 5.32 Å². The fraction of sp³-hybridized carbons (Fsp3) is 0.182. The number of amides is 1. The predicted molar refractivity (Wildman–Crippen MR) is 124 cm³/mol. The molecule has 7 heteroatoms. The molecule has 3 aromatic carbocycles. The summed E-state index contributed by atoms with van der Waals surface area (Å²) in [5.41, 5.74) is 1.51. The molecule has 0 aliphatic rings. The van der Waals surface area contributed by atoms with Crippen LogP contribution in [0.25, 0.3) is 10.8 Å². The second-order valence-electron chi connectivity index (χ2n) is 7.65. The lowest BCUT2D eigenvalue weighted by atomic mass is 9.87. The summed E-state index contributed by atoms with van der Waals surface area (Å²) in [5, 5.41) is 18.1. The van der Waals surface area contributed by atoms with Crippen LogP contribution < -0.4 is 10.6 Å². The second-order valence-corrected chi connectivity index (χ2v) is 8.88. The highest BCUT2D eigenvalue weighted by atomic mass is 35.5. The summed E-state index contributed by atoms with van der Waals surface area (Å²) in [7, 11) is 0. The normalized spacial score (nSPS) is 11.3. The summed E-state index contributed by atoms with van der Waals surface area (Å²) in [5.74, 6) is -0.513. The van der Waals surface area contributed by atoms with Crippen molar-refractivity contribution in [1.29, 1.82) is 0 Å². The predicted octanol–water partition coefficient (Wildman–Crippen LogP) is 6.28. The molecular formula is C22H20Cl2N2O2S. The van der Waals surface area contributed by atoms with Crippen LogP contribution in [-0.2, 0) is 5.41 Å². The summed E-state index contributed by atoms with van der Waals surface area (Å²) >= 11 is 17.7. The monoisotopic (exact) mass is 446 g/mol. The van der Waals surface area contributed by atoms with Gasteiger partial charge in [-0.2, -0.15) is 0 Å². The van der Waals surface area contributed by atoms with Gasteiger partial charge in [-0.15, -0.1) is 0 Å².